The van der Waals surface area contributed by atoms with Crippen molar-refractivity contribution in [2.75, 3.05) is 20.3 Å². The SMILES string of the molecule is C.C#C.CCOC(OC(C)OO[C@@H](O)OC1CCC2(C)C(=CCC3C2CCC2(C)C3CC3OC(CC[C@@H](C)CO)[C@@H](C)C32)C1)c1ccc(OC)cc1.[B]C. The molecule has 6 rings (SSSR count). The number of fused-ring (bicyclic) bond motifs is 7. The number of hydrogen-bond donors (Lipinski definition) is 2. The molecule has 4 fully saturated rings. The molecule has 2 radical (unpaired) electrons. The van der Waals surface area contributed by atoms with Gasteiger partial charge in [0.05, 0.1) is 33.3 Å². The van der Waals surface area contributed by atoms with Crippen LogP contribution in [0.2, 0.25) is 6.82 Å². The summed E-state index contributed by atoms with van der Waals surface area (Å²) in [5.74, 6) is 4.38. The number of aliphatic hydroxyl groups is 2. The first kappa shape index (κ1) is 46.4. The summed E-state index contributed by atoms with van der Waals surface area (Å²) in [6.45, 7) is 13.9. The number of methoxy groups -OCH3 is 1. The Morgan fingerprint density at radius 1 is 1.04 bits per heavy atom. The second-order valence-corrected chi connectivity index (χ2v) is 16.3. The van der Waals surface area contributed by atoms with Crippen molar-refractivity contribution in [1.29, 1.82) is 0 Å². The van der Waals surface area contributed by atoms with Crippen LogP contribution in [0, 0.1) is 59.2 Å². The number of rotatable bonds is 15. The quantitative estimate of drug-likeness (QED) is 0.0454. The van der Waals surface area contributed by atoms with Crippen LogP contribution in [0.5, 0.6) is 5.75 Å². The molecule has 1 heterocycles. The molecule has 0 amide bonds. The van der Waals surface area contributed by atoms with Crippen LogP contribution >= 0.6 is 0 Å². The van der Waals surface area contributed by atoms with E-state index >= 15 is 0 Å². The van der Waals surface area contributed by atoms with Crippen LogP contribution in [-0.2, 0) is 28.7 Å². The number of hydrogen-bond acceptors (Lipinski definition) is 9. The smallest absolute Gasteiger partial charge is 0.299 e. The van der Waals surface area contributed by atoms with Crippen LogP contribution < -0.4 is 4.74 Å². The zero-order chi connectivity index (χ0) is 38.9. The van der Waals surface area contributed by atoms with Crippen molar-refractivity contribution < 1.29 is 43.7 Å². The molecule has 0 aromatic heterocycles. The van der Waals surface area contributed by atoms with Crippen molar-refractivity contribution in [2.24, 2.45) is 46.3 Å². The minimum atomic E-state index is -1.52. The zero-order valence-corrected chi connectivity index (χ0v) is 33.6. The lowest BCUT2D eigenvalue weighted by molar-refractivity contribution is -0.486. The predicted molar refractivity (Wildman–Crippen MR) is 213 cm³/mol. The third-order valence-corrected chi connectivity index (χ3v) is 13.5. The van der Waals surface area contributed by atoms with Crippen molar-refractivity contribution in [2.45, 2.75) is 151 Å². The van der Waals surface area contributed by atoms with E-state index in [-0.39, 0.29) is 25.6 Å². The summed E-state index contributed by atoms with van der Waals surface area (Å²) in [6, 6.07) is 7.45. The summed E-state index contributed by atoms with van der Waals surface area (Å²) in [6.07, 6.45) is 19.3. The normalized spacial score (nSPS) is 35.7. The van der Waals surface area contributed by atoms with Gasteiger partial charge < -0.3 is 33.9 Å². The second kappa shape index (κ2) is 21.0. The van der Waals surface area contributed by atoms with Gasteiger partial charge in [0.2, 0.25) is 0 Å². The number of terminal acetylenes is 1. The first-order valence-corrected chi connectivity index (χ1v) is 19.9. The van der Waals surface area contributed by atoms with E-state index in [1.54, 1.807) is 14.0 Å². The third-order valence-electron chi connectivity index (χ3n) is 13.5. The molecule has 54 heavy (non-hydrogen) atoms. The molecule has 9 nitrogen and oxygen atoms in total. The highest BCUT2D eigenvalue weighted by atomic mass is 17.3. The lowest BCUT2D eigenvalue weighted by Gasteiger charge is -2.58. The van der Waals surface area contributed by atoms with Crippen molar-refractivity contribution >= 4 is 7.85 Å². The molecular formula is C44H71BO9. The Hall–Kier alpha value is -1.94. The Kier molecular flexibility index (Phi) is 18.1. The molecule has 0 bridgehead atoms. The molecule has 1 aromatic rings. The first-order valence-electron chi connectivity index (χ1n) is 19.9. The van der Waals surface area contributed by atoms with Gasteiger partial charge in [0, 0.05) is 18.8 Å². The van der Waals surface area contributed by atoms with Gasteiger partial charge in [0.15, 0.2) is 12.6 Å². The highest BCUT2D eigenvalue weighted by Crippen LogP contribution is 2.69. The highest BCUT2D eigenvalue weighted by Gasteiger charge is 2.65. The maximum absolute atomic E-state index is 10.6. The van der Waals surface area contributed by atoms with Crippen LogP contribution in [0.1, 0.15) is 119 Å². The molecule has 1 aliphatic heterocycles. The van der Waals surface area contributed by atoms with E-state index in [1.807, 2.05) is 31.2 Å². The summed E-state index contributed by atoms with van der Waals surface area (Å²) in [5, 5.41) is 20.2. The van der Waals surface area contributed by atoms with E-state index < -0.39 is 19.1 Å². The fraction of sp³-hybridized carbons (Fsp3) is 0.773. The van der Waals surface area contributed by atoms with Gasteiger partial charge in [-0.15, -0.1) is 12.8 Å². The van der Waals surface area contributed by atoms with Crippen LogP contribution in [-0.4, -0.2) is 69.5 Å². The first-order chi connectivity index (χ1) is 25.5. The minimum Gasteiger partial charge on any atom is -0.497 e. The summed E-state index contributed by atoms with van der Waals surface area (Å²) < 4.78 is 29.7. The van der Waals surface area contributed by atoms with E-state index in [4.69, 9.17) is 33.5 Å². The van der Waals surface area contributed by atoms with Gasteiger partial charge in [-0.05, 0) is 130 Å². The van der Waals surface area contributed by atoms with E-state index in [0.29, 0.717) is 59.7 Å². The average Bonchev–Trinajstić information content (AvgIpc) is 3.66. The monoisotopic (exact) mass is 755 g/mol. The van der Waals surface area contributed by atoms with Crippen LogP contribution in [0.25, 0.3) is 0 Å². The molecule has 5 aliphatic rings. The van der Waals surface area contributed by atoms with Gasteiger partial charge in [-0.3, -0.25) is 0 Å². The zero-order valence-electron chi connectivity index (χ0n) is 33.6. The predicted octanol–water partition coefficient (Wildman–Crippen LogP) is 8.79. The summed E-state index contributed by atoms with van der Waals surface area (Å²) in [4.78, 5) is 10.6. The van der Waals surface area contributed by atoms with E-state index in [0.717, 1.165) is 49.8 Å². The standard InChI is InChI=1S/C40H62O9.C2H2.CH3B.CH4/c1-8-44-37(27-10-13-29(43-7)14-11-27)45-26(4)48-49-38(42)46-30-17-19-39(5)28(21-30)12-15-31-32(39)18-20-40(6)33(31)22-35-36(40)25(3)34(47-35)16-9-24(2)23-41;2*1-2;/h10-14,24-26,30-38,41-42H,8-9,15-23H2,1-7H3;1-2H;1H3;1H4/t24-,25-,26?,30?,31?,32?,33?,34?,35?,36?,37?,38+,39?,40?;;;/m1.../s1. The number of aliphatic hydroxyl groups excluding tert-OH is 2. The molecule has 14 atom stereocenters. The van der Waals surface area contributed by atoms with Gasteiger partial charge in [-0.1, -0.05) is 65.7 Å². The Morgan fingerprint density at radius 2 is 1.74 bits per heavy atom. The molecule has 2 N–H and O–H groups in total. The minimum absolute atomic E-state index is 0. The van der Waals surface area contributed by atoms with Gasteiger partial charge in [0.1, 0.15) is 5.75 Å². The van der Waals surface area contributed by atoms with Crippen LogP contribution in [0.3, 0.4) is 0 Å². The van der Waals surface area contributed by atoms with Gasteiger partial charge in [-0.2, -0.15) is 9.78 Å². The summed E-state index contributed by atoms with van der Waals surface area (Å²) in [5.41, 5.74) is 2.80. The van der Waals surface area contributed by atoms with E-state index in [2.05, 4.69) is 54.5 Å². The molecule has 4 aliphatic carbocycles. The largest absolute Gasteiger partial charge is 0.497 e. The number of benzene rings is 1. The number of allylic oxidation sites excluding steroid dienone is 1. The Labute approximate surface area is 328 Å². The molecule has 3 saturated carbocycles. The number of ether oxygens (including phenoxy) is 5. The fourth-order valence-corrected chi connectivity index (χ4v) is 10.9. The third kappa shape index (κ3) is 9.95. The van der Waals surface area contributed by atoms with Crippen LogP contribution in [0.4, 0.5) is 0 Å². The van der Waals surface area contributed by atoms with Crippen molar-refractivity contribution in [3.05, 3.63) is 41.5 Å². The fourth-order valence-electron chi connectivity index (χ4n) is 10.9. The van der Waals surface area contributed by atoms with Crippen molar-refractivity contribution in [3.8, 4) is 18.6 Å². The Bertz CT molecular complexity index is 1310. The lowest BCUT2D eigenvalue weighted by Crippen LogP contribution is -2.51. The van der Waals surface area contributed by atoms with Gasteiger partial charge in [-0.25, -0.2) is 0 Å². The van der Waals surface area contributed by atoms with Gasteiger partial charge in [0.25, 0.3) is 6.48 Å². The molecule has 0 spiro atoms. The molecule has 11 unspecified atom stereocenters. The molecular weight excluding hydrogens is 683 g/mol. The maximum atomic E-state index is 10.6. The van der Waals surface area contributed by atoms with Gasteiger partial charge >= 0.3 is 0 Å². The topological polar surface area (TPSA) is 105 Å². The highest BCUT2D eigenvalue weighted by molar-refractivity contribution is 6.05. The summed E-state index contributed by atoms with van der Waals surface area (Å²) in [7, 11) is 6.12. The molecule has 10 heteroatoms. The van der Waals surface area contributed by atoms with Crippen molar-refractivity contribution in [1.82, 2.24) is 0 Å². The Morgan fingerprint density at radius 3 is 2.39 bits per heavy atom. The van der Waals surface area contributed by atoms with Crippen molar-refractivity contribution in [3.63, 3.8) is 0 Å². The summed E-state index contributed by atoms with van der Waals surface area (Å²) >= 11 is 0. The maximum Gasteiger partial charge on any atom is 0.299 e. The molecule has 304 valence electrons. The van der Waals surface area contributed by atoms with E-state index in [1.165, 1.54) is 31.7 Å². The average molecular weight is 755 g/mol. The molecule has 1 saturated heterocycles. The molecule has 1 aromatic carbocycles. The van der Waals surface area contributed by atoms with Crippen LogP contribution in [0.15, 0.2) is 35.9 Å². The van der Waals surface area contributed by atoms with E-state index in [9.17, 15) is 10.2 Å². The Balaban J connectivity index is 0.00000152. The lowest BCUT2D eigenvalue weighted by atomic mass is 9.47. The second-order valence-electron chi connectivity index (χ2n) is 16.3.